The number of rotatable bonds is 5. The minimum Gasteiger partial charge on any atom is -0.490 e. The van der Waals surface area contributed by atoms with Crippen molar-refractivity contribution in [2.45, 2.75) is 39.7 Å². The van der Waals surface area contributed by atoms with Gasteiger partial charge >= 0.3 is 0 Å². The monoisotopic (exact) mass is 207 g/mol. The third kappa shape index (κ3) is 3.56. The first-order valence-electron chi connectivity index (χ1n) is 5.63. The van der Waals surface area contributed by atoms with Crippen LogP contribution in [0.1, 0.15) is 31.4 Å². The summed E-state index contributed by atoms with van der Waals surface area (Å²) in [5.74, 6) is 0.986. The molecule has 1 aromatic rings. The van der Waals surface area contributed by atoms with Crippen LogP contribution in [-0.2, 0) is 6.42 Å². The molecule has 2 N–H and O–H groups in total. The molecule has 0 saturated carbocycles. The van der Waals surface area contributed by atoms with Crippen LogP contribution in [0.3, 0.4) is 0 Å². The maximum Gasteiger partial charge on any atom is 0.122 e. The van der Waals surface area contributed by atoms with Crippen LogP contribution in [0.15, 0.2) is 18.2 Å². The van der Waals surface area contributed by atoms with Crippen molar-refractivity contribution in [3.8, 4) is 5.75 Å². The van der Waals surface area contributed by atoms with Gasteiger partial charge in [-0.2, -0.15) is 0 Å². The van der Waals surface area contributed by atoms with E-state index in [-0.39, 0.29) is 6.10 Å². The van der Waals surface area contributed by atoms with Crippen molar-refractivity contribution < 1.29 is 4.74 Å². The van der Waals surface area contributed by atoms with Crippen molar-refractivity contribution in [1.82, 2.24) is 0 Å². The molecule has 2 nitrogen and oxygen atoms in total. The van der Waals surface area contributed by atoms with Gasteiger partial charge in [0, 0.05) is 0 Å². The molecule has 1 unspecified atom stereocenters. The number of hydrogen-bond donors (Lipinski definition) is 1. The van der Waals surface area contributed by atoms with Crippen LogP contribution in [0.4, 0.5) is 0 Å². The van der Waals surface area contributed by atoms with Gasteiger partial charge in [0.25, 0.3) is 0 Å². The topological polar surface area (TPSA) is 35.2 Å². The van der Waals surface area contributed by atoms with Crippen molar-refractivity contribution >= 4 is 0 Å². The fourth-order valence-electron chi connectivity index (χ4n) is 1.47. The normalized spacial score (nSPS) is 12.5. The summed E-state index contributed by atoms with van der Waals surface area (Å²) >= 11 is 0. The lowest BCUT2D eigenvalue weighted by molar-refractivity contribution is 0.215. The second-order valence-electron chi connectivity index (χ2n) is 3.99. The van der Waals surface area contributed by atoms with Crippen molar-refractivity contribution in [2.24, 2.45) is 5.73 Å². The van der Waals surface area contributed by atoms with Crippen LogP contribution in [0, 0.1) is 6.92 Å². The number of hydrogen-bond acceptors (Lipinski definition) is 2. The van der Waals surface area contributed by atoms with E-state index in [1.807, 2.05) is 6.07 Å². The largest absolute Gasteiger partial charge is 0.490 e. The summed E-state index contributed by atoms with van der Waals surface area (Å²) in [5, 5.41) is 0. The lowest BCUT2D eigenvalue weighted by Crippen LogP contribution is -2.12. The zero-order valence-electron chi connectivity index (χ0n) is 9.92. The van der Waals surface area contributed by atoms with E-state index in [0.717, 1.165) is 18.6 Å². The van der Waals surface area contributed by atoms with Crippen molar-refractivity contribution in [3.05, 3.63) is 29.3 Å². The summed E-state index contributed by atoms with van der Waals surface area (Å²) in [6.45, 7) is 6.97. The third-order valence-corrected chi connectivity index (χ3v) is 2.53. The molecule has 2 heteroatoms. The van der Waals surface area contributed by atoms with E-state index in [2.05, 4.69) is 32.9 Å². The number of benzene rings is 1. The Morgan fingerprint density at radius 2 is 2.13 bits per heavy atom. The van der Waals surface area contributed by atoms with Crippen LogP contribution >= 0.6 is 0 Å². The molecule has 0 saturated heterocycles. The average molecular weight is 207 g/mol. The quantitative estimate of drug-likeness (QED) is 0.805. The first-order chi connectivity index (χ1) is 7.17. The van der Waals surface area contributed by atoms with Gasteiger partial charge in [0.05, 0.1) is 6.10 Å². The third-order valence-electron chi connectivity index (χ3n) is 2.53. The van der Waals surface area contributed by atoms with E-state index < -0.39 is 0 Å². The van der Waals surface area contributed by atoms with E-state index in [1.54, 1.807) is 0 Å². The standard InChI is InChI=1S/C13H21NO/c1-4-11(3)15-13-6-5-10(2)9-12(13)7-8-14/h5-6,9,11H,4,7-8,14H2,1-3H3. The van der Waals surface area contributed by atoms with Gasteiger partial charge in [-0.3, -0.25) is 0 Å². The lowest BCUT2D eigenvalue weighted by Gasteiger charge is -2.16. The van der Waals surface area contributed by atoms with E-state index in [0.29, 0.717) is 6.54 Å². The maximum absolute atomic E-state index is 5.85. The van der Waals surface area contributed by atoms with Gasteiger partial charge < -0.3 is 10.5 Å². The number of nitrogens with two attached hydrogens (primary N) is 1. The first-order valence-corrected chi connectivity index (χ1v) is 5.63. The highest BCUT2D eigenvalue weighted by atomic mass is 16.5. The maximum atomic E-state index is 5.85. The summed E-state index contributed by atoms with van der Waals surface area (Å²) in [6, 6.07) is 6.29. The van der Waals surface area contributed by atoms with E-state index >= 15 is 0 Å². The van der Waals surface area contributed by atoms with Crippen molar-refractivity contribution in [2.75, 3.05) is 6.54 Å². The number of ether oxygens (including phenoxy) is 1. The predicted molar refractivity (Wildman–Crippen MR) is 64.3 cm³/mol. The SMILES string of the molecule is CCC(C)Oc1ccc(C)cc1CCN. The van der Waals surface area contributed by atoms with Gasteiger partial charge in [-0.05, 0) is 44.9 Å². The highest BCUT2D eigenvalue weighted by molar-refractivity contribution is 5.37. The Morgan fingerprint density at radius 1 is 1.40 bits per heavy atom. The fourth-order valence-corrected chi connectivity index (χ4v) is 1.47. The Labute approximate surface area is 92.4 Å². The summed E-state index contributed by atoms with van der Waals surface area (Å²) < 4.78 is 5.85. The van der Waals surface area contributed by atoms with Crippen molar-refractivity contribution in [1.29, 1.82) is 0 Å². The van der Waals surface area contributed by atoms with E-state index in [4.69, 9.17) is 10.5 Å². The van der Waals surface area contributed by atoms with Gasteiger partial charge in [0.1, 0.15) is 5.75 Å². The molecule has 0 aliphatic rings. The van der Waals surface area contributed by atoms with Crippen LogP contribution in [0.5, 0.6) is 5.75 Å². The highest BCUT2D eigenvalue weighted by Crippen LogP contribution is 2.22. The molecule has 0 heterocycles. The smallest absolute Gasteiger partial charge is 0.122 e. The number of aryl methyl sites for hydroxylation is 1. The zero-order chi connectivity index (χ0) is 11.3. The van der Waals surface area contributed by atoms with E-state index in [1.165, 1.54) is 11.1 Å². The highest BCUT2D eigenvalue weighted by Gasteiger charge is 2.06. The van der Waals surface area contributed by atoms with Gasteiger partial charge in [-0.1, -0.05) is 24.6 Å². The molecule has 0 aliphatic heterocycles. The molecule has 1 aromatic carbocycles. The minimum atomic E-state index is 0.268. The molecule has 0 amide bonds. The molecule has 1 rings (SSSR count). The molecule has 0 aromatic heterocycles. The average Bonchev–Trinajstić information content (AvgIpc) is 2.22. The van der Waals surface area contributed by atoms with Crippen LogP contribution < -0.4 is 10.5 Å². The second-order valence-corrected chi connectivity index (χ2v) is 3.99. The molecule has 15 heavy (non-hydrogen) atoms. The van der Waals surface area contributed by atoms with E-state index in [9.17, 15) is 0 Å². The Bertz CT molecular complexity index is 309. The molecule has 0 bridgehead atoms. The van der Waals surface area contributed by atoms with Crippen LogP contribution in [0.25, 0.3) is 0 Å². The van der Waals surface area contributed by atoms with Gasteiger partial charge in [-0.25, -0.2) is 0 Å². The summed E-state index contributed by atoms with van der Waals surface area (Å²) in [7, 11) is 0. The Hall–Kier alpha value is -1.02. The molecule has 0 aliphatic carbocycles. The molecule has 1 atom stereocenters. The molecular formula is C13H21NO. The van der Waals surface area contributed by atoms with Gasteiger partial charge in [0.2, 0.25) is 0 Å². The first kappa shape index (κ1) is 12.1. The van der Waals surface area contributed by atoms with Gasteiger partial charge in [0.15, 0.2) is 0 Å². The molecule has 0 radical (unpaired) electrons. The molecule has 84 valence electrons. The van der Waals surface area contributed by atoms with Crippen molar-refractivity contribution in [3.63, 3.8) is 0 Å². The minimum absolute atomic E-state index is 0.268. The molecule has 0 fully saturated rings. The lowest BCUT2D eigenvalue weighted by atomic mass is 10.1. The Balaban J connectivity index is 2.85. The van der Waals surface area contributed by atoms with Crippen LogP contribution in [0.2, 0.25) is 0 Å². The van der Waals surface area contributed by atoms with Crippen LogP contribution in [-0.4, -0.2) is 12.6 Å². The molecular weight excluding hydrogens is 186 g/mol. The molecule has 0 spiro atoms. The predicted octanol–water partition coefficient (Wildman–Crippen LogP) is 2.67. The Morgan fingerprint density at radius 3 is 2.73 bits per heavy atom. The summed E-state index contributed by atoms with van der Waals surface area (Å²) in [6.07, 6.45) is 2.17. The summed E-state index contributed by atoms with van der Waals surface area (Å²) in [4.78, 5) is 0. The summed E-state index contributed by atoms with van der Waals surface area (Å²) in [5.41, 5.74) is 8.07. The van der Waals surface area contributed by atoms with Gasteiger partial charge in [-0.15, -0.1) is 0 Å². The Kier molecular flexibility index (Phi) is 4.63. The fraction of sp³-hybridized carbons (Fsp3) is 0.538. The second kappa shape index (κ2) is 5.76. The zero-order valence-corrected chi connectivity index (χ0v) is 9.92.